The van der Waals surface area contributed by atoms with Gasteiger partial charge in [-0.1, -0.05) is 6.07 Å². The zero-order valence-corrected chi connectivity index (χ0v) is 14.0. The van der Waals surface area contributed by atoms with Gasteiger partial charge in [-0.15, -0.1) is 0 Å². The van der Waals surface area contributed by atoms with Crippen LogP contribution in [0.25, 0.3) is 0 Å². The first-order valence-corrected chi connectivity index (χ1v) is 8.69. The number of rotatable bonds is 7. The molecule has 114 valence electrons. The van der Waals surface area contributed by atoms with Crippen LogP contribution in [0.1, 0.15) is 5.56 Å². The van der Waals surface area contributed by atoms with Crippen molar-refractivity contribution < 1.29 is 8.42 Å². The van der Waals surface area contributed by atoms with Crippen molar-refractivity contribution >= 4 is 26.0 Å². The Hall–Kier alpha value is -1.22. The number of halogens is 1. The van der Waals surface area contributed by atoms with Crippen LogP contribution in [0.15, 0.2) is 46.3 Å². The van der Waals surface area contributed by atoms with E-state index in [4.69, 9.17) is 0 Å². The van der Waals surface area contributed by atoms with Gasteiger partial charge in [-0.2, -0.15) is 0 Å². The molecule has 0 unspecified atom stereocenters. The van der Waals surface area contributed by atoms with Crippen molar-refractivity contribution in [2.24, 2.45) is 0 Å². The maximum absolute atomic E-state index is 12.3. The van der Waals surface area contributed by atoms with Crippen molar-refractivity contribution in [3.63, 3.8) is 0 Å². The van der Waals surface area contributed by atoms with Gasteiger partial charge >= 0.3 is 0 Å². The molecule has 1 aromatic heterocycles. The number of nitrogens with zero attached hydrogens (tertiary/aromatic N) is 2. The number of hydrogen-bond acceptors (Lipinski definition) is 4. The second kappa shape index (κ2) is 7.17. The van der Waals surface area contributed by atoms with E-state index < -0.39 is 10.0 Å². The summed E-state index contributed by atoms with van der Waals surface area (Å²) in [6.45, 7) is 1.53. The molecule has 1 heterocycles. The molecule has 2 rings (SSSR count). The summed E-state index contributed by atoms with van der Waals surface area (Å²) in [5.41, 5.74) is 1.02. The molecule has 0 amide bonds. The first kappa shape index (κ1) is 16.2. The molecule has 0 aliphatic heterocycles. The smallest absolute Gasteiger partial charge is 0.241 e. The number of benzene rings is 1. The summed E-state index contributed by atoms with van der Waals surface area (Å²) in [6, 6.07) is 5.21. The summed E-state index contributed by atoms with van der Waals surface area (Å²) in [5, 5.41) is 3.02. The Morgan fingerprint density at radius 3 is 2.81 bits per heavy atom. The van der Waals surface area contributed by atoms with Crippen LogP contribution in [-0.2, 0) is 23.1 Å². The summed E-state index contributed by atoms with van der Waals surface area (Å²) in [5.74, 6) is 0. The summed E-state index contributed by atoms with van der Waals surface area (Å²) >= 11 is 3.32. The maximum atomic E-state index is 12.3. The Kier molecular flexibility index (Phi) is 5.51. The molecule has 21 heavy (non-hydrogen) atoms. The highest BCUT2D eigenvalue weighted by atomic mass is 79.9. The Labute approximate surface area is 132 Å². The number of aromatic nitrogens is 2. The van der Waals surface area contributed by atoms with Gasteiger partial charge in [-0.05, 0) is 40.7 Å². The molecule has 0 atom stereocenters. The molecule has 0 fully saturated rings. The largest absolute Gasteiger partial charge is 0.336 e. The lowest BCUT2D eigenvalue weighted by molar-refractivity contribution is 0.572. The quantitative estimate of drug-likeness (QED) is 0.768. The minimum atomic E-state index is -3.53. The van der Waals surface area contributed by atoms with E-state index in [1.165, 1.54) is 0 Å². The van der Waals surface area contributed by atoms with Crippen molar-refractivity contribution in [3.05, 3.63) is 47.0 Å². The maximum Gasteiger partial charge on any atom is 0.241 e. The van der Waals surface area contributed by atoms with E-state index in [1.54, 1.807) is 36.9 Å². The zero-order valence-electron chi connectivity index (χ0n) is 11.6. The third-order valence-corrected chi connectivity index (χ3v) is 5.33. The number of sulfonamides is 1. The normalized spacial score (nSPS) is 11.7. The van der Waals surface area contributed by atoms with Gasteiger partial charge in [0.25, 0.3) is 0 Å². The van der Waals surface area contributed by atoms with Crippen molar-refractivity contribution in [1.82, 2.24) is 19.6 Å². The van der Waals surface area contributed by atoms with Gasteiger partial charge < -0.3 is 9.88 Å². The Morgan fingerprint density at radius 1 is 1.38 bits per heavy atom. The summed E-state index contributed by atoms with van der Waals surface area (Å²) < 4.78 is 29.5. The molecule has 2 N–H and O–H groups in total. The van der Waals surface area contributed by atoms with E-state index in [2.05, 4.69) is 31.0 Å². The molecular weight excluding hydrogens is 356 g/mol. The minimum Gasteiger partial charge on any atom is -0.336 e. The Bertz CT molecular complexity index is 686. The molecule has 0 saturated heterocycles. The fraction of sp³-hybridized carbons (Fsp3) is 0.308. The average Bonchev–Trinajstić information content (AvgIpc) is 2.92. The van der Waals surface area contributed by atoms with Crippen LogP contribution in [0.2, 0.25) is 0 Å². The van der Waals surface area contributed by atoms with E-state index in [0.717, 1.165) is 5.56 Å². The van der Waals surface area contributed by atoms with E-state index in [-0.39, 0.29) is 4.90 Å². The second-order valence-corrected chi connectivity index (χ2v) is 7.08. The van der Waals surface area contributed by atoms with Gasteiger partial charge in [-0.25, -0.2) is 18.1 Å². The van der Waals surface area contributed by atoms with Crippen LogP contribution in [-0.4, -0.2) is 31.6 Å². The first-order valence-electron chi connectivity index (χ1n) is 6.41. The first-order chi connectivity index (χ1) is 10.0. The van der Waals surface area contributed by atoms with Gasteiger partial charge in [-0.3, -0.25) is 0 Å². The molecular formula is C13H17BrN4O2S. The second-order valence-electron chi connectivity index (χ2n) is 4.49. The van der Waals surface area contributed by atoms with Crippen molar-refractivity contribution in [2.75, 3.05) is 13.6 Å². The SMILES string of the molecule is CNCc1ccc(S(=O)(=O)NCCn2ccnc2)c(Br)c1. The molecule has 0 aliphatic carbocycles. The molecule has 2 aromatic rings. The minimum absolute atomic E-state index is 0.244. The summed E-state index contributed by atoms with van der Waals surface area (Å²) in [7, 11) is -1.68. The number of nitrogens with one attached hydrogen (secondary N) is 2. The van der Waals surface area contributed by atoms with E-state index in [1.807, 2.05) is 11.6 Å². The molecule has 6 nitrogen and oxygen atoms in total. The third kappa shape index (κ3) is 4.37. The molecule has 1 aromatic carbocycles. The van der Waals surface area contributed by atoms with Crippen LogP contribution in [0, 0.1) is 0 Å². The molecule has 8 heteroatoms. The highest BCUT2D eigenvalue weighted by Crippen LogP contribution is 2.23. The molecule has 0 radical (unpaired) electrons. The molecule has 0 saturated carbocycles. The predicted octanol–water partition coefficient (Wildman–Crippen LogP) is 1.34. The zero-order chi connectivity index (χ0) is 15.3. The topological polar surface area (TPSA) is 76.0 Å². The van der Waals surface area contributed by atoms with Crippen LogP contribution in [0.4, 0.5) is 0 Å². The van der Waals surface area contributed by atoms with Gasteiger partial charge in [0.1, 0.15) is 0 Å². The number of hydrogen-bond donors (Lipinski definition) is 2. The van der Waals surface area contributed by atoms with Crippen LogP contribution in [0.3, 0.4) is 0 Å². The lowest BCUT2D eigenvalue weighted by atomic mass is 10.2. The fourth-order valence-electron chi connectivity index (χ4n) is 1.88. The summed E-state index contributed by atoms with van der Waals surface area (Å²) in [4.78, 5) is 4.15. The van der Waals surface area contributed by atoms with Gasteiger partial charge in [0, 0.05) is 36.5 Å². The third-order valence-electron chi connectivity index (χ3n) is 2.89. The van der Waals surface area contributed by atoms with Gasteiger partial charge in [0.15, 0.2) is 0 Å². The molecule has 0 aliphatic rings. The lowest BCUT2D eigenvalue weighted by Crippen LogP contribution is -2.27. The standard InChI is InChI=1S/C13H17BrN4O2S/c1-15-9-11-2-3-13(12(14)8-11)21(19,20)17-5-7-18-6-4-16-10-18/h2-4,6,8,10,15,17H,5,7,9H2,1H3. The number of imidazole rings is 1. The van der Waals surface area contributed by atoms with Crippen LogP contribution in [0.5, 0.6) is 0 Å². The highest BCUT2D eigenvalue weighted by Gasteiger charge is 2.17. The van der Waals surface area contributed by atoms with Crippen molar-refractivity contribution in [2.45, 2.75) is 18.0 Å². The van der Waals surface area contributed by atoms with Crippen LogP contribution < -0.4 is 10.0 Å². The molecule has 0 bridgehead atoms. The van der Waals surface area contributed by atoms with E-state index >= 15 is 0 Å². The van der Waals surface area contributed by atoms with Gasteiger partial charge in [0.2, 0.25) is 10.0 Å². The van der Waals surface area contributed by atoms with Gasteiger partial charge in [0.05, 0.1) is 11.2 Å². The Morgan fingerprint density at radius 2 is 2.19 bits per heavy atom. The van der Waals surface area contributed by atoms with E-state index in [0.29, 0.717) is 24.1 Å². The lowest BCUT2D eigenvalue weighted by Gasteiger charge is -2.10. The Balaban J connectivity index is 2.04. The van der Waals surface area contributed by atoms with Crippen molar-refractivity contribution in [1.29, 1.82) is 0 Å². The van der Waals surface area contributed by atoms with Crippen molar-refractivity contribution in [3.8, 4) is 0 Å². The average molecular weight is 373 g/mol. The fourth-order valence-corrected chi connectivity index (χ4v) is 4.03. The molecule has 0 spiro atoms. The monoisotopic (exact) mass is 372 g/mol. The van der Waals surface area contributed by atoms with Crippen LogP contribution >= 0.6 is 15.9 Å². The predicted molar refractivity (Wildman–Crippen MR) is 84.3 cm³/mol. The highest BCUT2D eigenvalue weighted by molar-refractivity contribution is 9.10. The summed E-state index contributed by atoms with van der Waals surface area (Å²) in [6.07, 6.45) is 5.10. The van der Waals surface area contributed by atoms with E-state index in [9.17, 15) is 8.42 Å².